The first-order valence-corrected chi connectivity index (χ1v) is 10.3. The fourth-order valence-electron chi connectivity index (χ4n) is 2.75. The minimum Gasteiger partial charge on any atom is -0.325 e. The second kappa shape index (κ2) is 7.63. The topological polar surface area (TPSA) is 74.8 Å². The molecule has 136 valence electrons. The molecule has 1 amide bonds. The number of fused-ring (bicyclic) bond motifs is 1. The molecule has 0 atom stereocenters. The minimum absolute atomic E-state index is 0.0619. The summed E-state index contributed by atoms with van der Waals surface area (Å²) in [6, 6.07) is 5.93. The molecule has 0 aliphatic rings. The van der Waals surface area contributed by atoms with Gasteiger partial charge in [-0.05, 0) is 44.9 Å². The predicted octanol–water partition coefficient (Wildman–Crippen LogP) is 4.09. The summed E-state index contributed by atoms with van der Waals surface area (Å²) >= 11 is 2.96. The van der Waals surface area contributed by atoms with Crippen LogP contribution in [0.15, 0.2) is 23.0 Å². The number of benzene rings is 1. The van der Waals surface area contributed by atoms with E-state index in [0.29, 0.717) is 22.7 Å². The number of nitrogens with zero attached hydrogens (tertiary/aromatic N) is 1. The number of carbonyl (C=O) groups is 1. The normalized spacial score (nSPS) is 11.1. The molecule has 0 fully saturated rings. The molecular formula is C19H21N3O2S2. The number of anilines is 1. The van der Waals surface area contributed by atoms with Crippen LogP contribution in [0, 0.1) is 27.7 Å². The minimum atomic E-state index is -0.104. The van der Waals surface area contributed by atoms with Crippen molar-refractivity contribution in [3.63, 3.8) is 0 Å². The molecule has 5 nitrogen and oxygen atoms in total. The van der Waals surface area contributed by atoms with Crippen molar-refractivity contribution in [1.82, 2.24) is 9.97 Å². The molecule has 0 aliphatic heterocycles. The Labute approximate surface area is 160 Å². The first-order chi connectivity index (χ1) is 12.3. The Morgan fingerprint density at radius 2 is 2.04 bits per heavy atom. The van der Waals surface area contributed by atoms with E-state index in [1.54, 1.807) is 0 Å². The van der Waals surface area contributed by atoms with Crippen molar-refractivity contribution in [3.8, 4) is 0 Å². The van der Waals surface area contributed by atoms with Crippen molar-refractivity contribution in [1.29, 1.82) is 0 Å². The van der Waals surface area contributed by atoms with Crippen molar-refractivity contribution in [2.24, 2.45) is 0 Å². The van der Waals surface area contributed by atoms with Crippen molar-refractivity contribution in [2.75, 3.05) is 11.1 Å². The SMILES string of the molecule is Cc1ccc(NC(=O)CSCc2nc3sc(C)c(C)c3c(=O)[nH]2)c(C)c1. The molecule has 0 saturated carbocycles. The van der Waals surface area contributed by atoms with Crippen LogP contribution in [0.25, 0.3) is 10.2 Å². The van der Waals surface area contributed by atoms with Crippen LogP contribution in [0.1, 0.15) is 27.4 Å². The highest BCUT2D eigenvalue weighted by Gasteiger charge is 2.12. The molecule has 0 aliphatic carbocycles. The Balaban J connectivity index is 1.62. The fraction of sp³-hybridized carbons (Fsp3) is 0.316. The van der Waals surface area contributed by atoms with Gasteiger partial charge in [-0.3, -0.25) is 9.59 Å². The smallest absolute Gasteiger partial charge is 0.259 e. The maximum Gasteiger partial charge on any atom is 0.259 e. The summed E-state index contributed by atoms with van der Waals surface area (Å²) in [4.78, 5) is 33.6. The highest BCUT2D eigenvalue weighted by molar-refractivity contribution is 7.99. The van der Waals surface area contributed by atoms with Gasteiger partial charge in [0.2, 0.25) is 5.91 Å². The van der Waals surface area contributed by atoms with Crippen LogP contribution in [0.2, 0.25) is 0 Å². The number of carbonyl (C=O) groups excluding carboxylic acids is 1. The molecule has 26 heavy (non-hydrogen) atoms. The number of thiophene rings is 1. The lowest BCUT2D eigenvalue weighted by molar-refractivity contribution is -0.113. The van der Waals surface area contributed by atoms with Gasteiger partial charge in [-0.15, -0.1) is 23.1 Å². The molecule has 0 unspecified atom stereocenters. The molecule has 3 rings (SSSR count). The zero-order valence-electron chi connectivity index (χ0n) is 15.2. The Morgan fingerprint density at radius 1 is 1.27 bits per heavy atom. The lowest BCUT2D eigenvalue weighted by Gasteiger charge is -2.09. The van der Waals surface area contributed by atoms with Gasteiger partial charge in [-0.2, -0.15) is 0 Å². The summed E-state index contributed by atoms with van der Waals surface area (Å²) in [5, 5.41) is 3.60. The number of aromatic amines is 1. The average molecular weight is 388 g/mol. The monoisotopic (exact) mass is 387 g/mol. The summed E-state index contributed by atoms with van der Waals surface area (Å²) in [6.07, 6.45) is 0. The number of amides is 1. The Morgan fingerprint density at radius 3 is 2.77 bits per heavy atom. The summed E-state index contributed by atoms with van der Waals surface area (Å²) < 4.78 is 0. The molecule has 1 aromatic carbocycles. The van der Waals surface area contributed by atoms with Crippen molar-refractivity contribution >= 4 is 44.9 Å². The Kier molecular flexibility index (Phi) is 5.48. The van der Waals surface area contributed by atoms with Crippen LogP contribution >= 0.6 is 23.1 Å². The van der Waals surface area contributed by atoms with E-state index in [9.17, 15) is 9.59 Å². The molecule has 0 saturated heterocycles. The van der Waals surface area contributed by atoms with E-state index in [0.717, 1.165) is 26.5 Å². The lowest BCUT2D eigenvalue weighted by Crippen LogP contribution is -2.16. The number of hydrogen-bond acceptors (Lipinski definition) is 5. The van der Waals surface area contributed by atoms with E-state index < -0.39 is 0 Å². The van der Waals surface area contributed by atoms with E-state index in [1.807, 2.05) is 45.9 Å². The summed E-state index contributed by atoms with van der Waals surface area (Å²) in [5.41, 5.74) is 3.93. The average Bonchev–Trinajstić information content (AvgIpc) is 2.85. The van der Waals surface area contributed by atoms with Gasteiger partial charge in [-0.1, -0.05) is 17.7 Å². The van der Waals surface area contributed by atoms with E-state index in [-0.39, 0.29) is 11.5 Å². The maximum absolute atomic E-state index is 12.3. The van der Waals surface area contributed by atoms with Gasteiger partial charge in [0.05, 0.1) is 16.9 Å². The van der Waals surface area contributed by atoms with Crippen LogP contribution in [0.4, 0.5) is 5.69 Å². The van der Waals surface area contributed by atoms with Crippen LogP contribution in [0.3, 0.4) is 0 Å². The highest BCUT2D eigenvalue weighted by atomic mass is 32.2. The molecule has 2 aromatic heterocycles. The van der Waals surface area contributed by atoms with Gasteiger partial charge in [0.15, 0.2) is 0 Å². The van der Waals surface area contributed by atoms with E-state index in [2.05, 4.69) is 15.3 Å². The first-order valence-electron chi connectivity index (χ1n) is 8.29. The number of thioether (sulfide) groups is 1. The zero-order chi connectivity index (χ0) is 18.8. The highest BCUT2D eigenvalue weighted by Crippen LogP contribution is 2.26. The number of aryl methyl sites for hydroxylation is 4. The Bertz CT molecular complexity index is 1040. The number of H-pyrrole nitrogens is 1. The molecular weight excluding hydrogens is 366 g/mol. The van der Waals surface area contributed by atoms with E-state index >= 15 is 0 Å². The van der Waals surface area contributed by atoms with Gasteiger partial charge in [0.25, 0.3) is 5.56 Å². The largest absolute Gasteiger partial charge is 0.325 e. The molecule has 2 N–H and O–H groups in total. The third-order valence-electron chi connectivity index (χ3n) is 4.22. The second-order valence-electron chi connectivity index (χ2n) is 6.34. The van der Waals surface area contributed by atoms with Crippen LogP contribution in [0.5, 0.6) is 0 Å². The summed E-state index contributed by atoms with van der Waals surface area (Å²) in [6.45, 7) is 7.93. The number of rotatable bonds is 5. The first kappa shape index (κ1) is 18.7. The second-order valence-corrected chi connectivity index (χ2v) is 8.52. The lowest BCUT2D eigenvalue weighted by atomic mass is 10.1. The zero-order valence-corrected chi connectivity index (χ0v) is 16.9. The molecule has 2 heterocycles. The molecule has 0 radical (unpaired) electrons. The molecule has 0 spiro atoms. The standard InChI is InChI=1S/C19H21N3O2S2/c1-10-5-6-14(11(2)7-10)20-16(23)9-25-8-15-21-18(24)17-12(3)13(4)26-19(17)22-15/h5-7H,8-9H2,1-4H3,(H,20,23)(H,21,22,24). The molecule has 7 heteroatoms. The summed E-state index contributed by atoms with van der Waals surface area (Å²) in [5.74, 6) is 1.33. The number of nitrogens with one attached hydrogen (secondary N) is 2. The van der Waals surface area contributed by atoms with Crippen molar-refractivity contribution < 1.29 is 4.79 Å². The van der Waals surface area contributed by atoms with Gasteiger partial charge in [-0.25, -0.2) is 4.98 Å². The van der Waals surface area contributed by atoms with Gasteiger partial charge >= 0.3 is 0 Å². The van der Waals surface area contributed by atoms with Crippen LogP contribution in [-0.4, -0.2) is 21.6 Å². The fourth-order valence-corrected chi connectivity index (χ4v) is 4.49. The van der Waals surface area contributed by atoms with E-state index in [1.165, 1.54) is 28.7 Å². The quantitative estimate of drug-likeness (QED) is 0.691. The van der Waals surface area contributed by atoms with Gasteiger partial charge < -0.3 is 10.3 Å². The van der Waals surface area contributed by atoms with Crippen LogP contribution < -0.4 is 10.9 Å². The molecule has 0 bridgehead atoms. The predicted molar refractivity (Wildman–Crippen MR) is 110 cm³/mol. The van der Waals surface area contributed by atoms with Crippen LogP contribution in [-0.2, 0) is 10.5 Å². The third kappa shape index (κ3) is 3.99. The third-order valence-corrected chi connectivity index (χ3v) is 6.26. The van der Waals surface area contributed by atoms with Crippen molar-refractivity contribution in [2.45, 2.75) is 33.4 Å². The maximum atomic E-state index is 12.3. The van der Waals surface area contributed by atoms with E-state index in [4.69, 9.17) is 0 Å². The van der Waals surface area contributed by atoms with Gasteiger partial charge in [0.1, 0.15) is 10.7 Å². The van der Waals surface area contributed by atoms with Crippen molar-refractivity contribution in [3.05, 3.63) is 55.9 Å². The summed E-state index contributed by atoms with van der Waals surface area (Å²) in [7, 11) is 0. The Hall–Kier alpha value is -2.12. The molecule has 3 aromatic rings. The number of hydrogen-bond donors (Lipinski definition) is 2. The van der Waals surface area contributed by atoms with Gasteiger partial charge in [0, 0.05) is 10.6 Å². The number of aromatic nitrogens is 2.